The van der Waals surface area contributed by atoms with Crippen LogP contribution in [0.15, 0.2) is 0 Å². The molecule has 0 rings (SSSR count). The van der Waals surface area contributed by atoms with Crippen LogP contribution in [0, 0.1) is 0 Å². The lowest BCUT2D eigenvalue weighted by atomic mass is 10.2. The summed E-state index contributed by atoms with van der Waals surface area (Å²) >= 11 is 0. The van der Waals surface area contributed by atoms with Gasteiger partial charge < -0.3 is 4.74 Å². The lowest BCUT2D eigenvalue weighted by Gasteiger charge is -2.01. The number of hydrogen-bond acceptors (Lipinski definition) is 1. The van der Waals surface area contributed by atoms with Gasteiger partial charge in [0, 0.05) is 13.2 Å². The van der Waals surface area contributed by atoms with Crippen molar-refractivity contribution in [2.45, 2.75) is 59.8 Å². The molecule has 0 spiro atoms. The number of hydrogen-bond donors (Lipinski definition) is 0. The molecule has 0 aliphatic rings. The molecule has 0 saturated heterocycles. The normalized spacial score (nSPS) is 9.50. The number of rotatable bonds is 8. The summed E-state index contributed by atoms with van der Waals surface area (Å²) in [6.45, 7) is 6.38. The lowest BCUT2D eigenvalue weighted by molar-refractivity contribution is 0.126. The van der Waals surface area contributed by atoms with Gasteiger partial charge in [-0.05, 0) is 12.8 Å². The second-order valence-electron chi connectivity index (χ2n) is 3.03. The van der Waals surface area contributed by atoms with Gasteiger partial charge in [0.2, 0.25) is 0 Å². The van der Waals surface area contributed by atoms with E-state index in [0.717, 1.165) is 13.2 Å². The highest BCUT2D eigenvalue weighted by atomic mass is 16.5. The maximum absolute atomic E-state index is 5.44. The van der Waals surface area contributed by atoms with E-state index >= 15 is 0 Å². The van der Waals surface area contributed by atoms with Crippen molar-refractivity contribution >= 4 is 0 Å². The van der Waals surface area contributed by atoms with Gasteiger partial charge in [-0.25, -0.2) is 0 Å². The van der Waals surface area contributed by atoms with Gasteiger partial charge >= 0.3 is 0 Å². The second kappa shape index (κ2) is 13.5. The summed E-state index contributed by atoms with van der Waals surface area (Å²) in [5.74, 6) is 0. The predicted octanol–water partition coefficient (Wildman–Crippen LogP) is 4.02. The average molecular weight is 174 g/mol. The van der Waals surface area contributed by atoms with Crippen LogP contribution < -0.4 is 0 Å². The Hall–Kier alpha value is -0.0400. The first-order valence-electron chi connectivity index (χ1n) is 4.99. The van der Waals surface area contributed by atoms with Gasteiger partial charge in [-0.1, -0.05) is 47.0 Å². The van der Waals surface area contributed by atoms with E-state index in [-0.39, 0.29) is 7.43 Å². The van der Waals surface area contributed by atoms with Crippen LogP contribution in [0.1, 0.15) is 59.8 Å². The molecule has 0 aliphatic carbocycles. The van der Waals surface area contributed by atoms with Crippen LogP contribution in [0.4, 0.5) is 0 Å². The lowest BCUT2D eigenvalue weighted by Crippen LogP contribution is -1.96. The third-order valence-electron chi connectivity index (χ3n) is 1.78. The fraction of sp³-hybridized carbons (Fsp3) is 1.00. The Morgan fingerprint density at radius 2 is 1.17 bits per heavy atom. The van der Waals surface area contributed by atoms with Crippen LogP contribution in [-0.2, 0) is 4.74 Å². The van der Waals surface area contributed by atoms with Crippen LogP contribution in [-0.4, -0.2) is 13.2 Å². The molecule has 0 aromatic carbocycles. The van der Waals surface area contributed by atoms with Crippen LogP contribution in [0.3, 0.4) is 0 Å². The molecule has 0 atom stereocenters. The van der Waals surface area contributed by atoms with Crippen LogP contribution in [0.25, 0.3) is 0 Å². The third kappa shape index (κ3) is 12.6. The third-order valence-corrected chi connectivity index (χ3v) is 1.78. The van der Waals surface area contributed by atoms with E-state index in [0.29, 0.717) is 0 Å². The van der Waals surface area contributed by atoms with Gasteiger partial charge in [-0.15, -0.1) is 0 Å². The second-order valence-corrected chi connectivity index (χ2v) is 3.03. The maximum atomic E-state index is 5.44. The molecule has 1 heteroatoms. The first-order valence-corrected chi connectivity index (χ1v) is 4.99. The summed E-state index contributed by atoms with van der Waals surface area (Å²) in [6, 6.07) is 0. The van der Waals surface area contributed by atoms with Crippen molar-refractivity contribution in [3.63, 3.8) is 0 Å². The summed E-state index contributed by atoms with van der Waals surface area (Å²) in [5, 5.41) is 0. The van der Waals surface area contributed by atoms with Gasteiger partial charge in [0.1, 0.15) is 0 Å². The molecule has 1 nitrogen and oxygen atoms in total. The Bertz CT molecular complexity index is 54.0. The molecule has 0 bridgehead atoms. The molecular weight excluding hydrogens is 148 g/mol. The molecule has 0 aromatic rings. The first-order chi connectivity index (χ1) is 5.41. The Labute approximate surface area is 78.5 Å². The molecular formula is C11H26O. The highest BCUT2D eigenvalue weighted by Crippen LogP contribution is 1.97. The summed E-state index contributed by atoms with van der Waals surface area (Å²) in [5.41, 5.74) is 0. The minimum absolute atomic E-state index is 0. The standard InChI is InChI=1S/C10H22O.CH4/c1-3-5-7-9-11-10-8-6-4-2;/h3-10H2,1-2H3;1H4. The van der Waals surface area contributed by atoms with E-state index < -0.39 is 0 Å². The zero-order valence-electron chi connectivity index (χ0n) is 8.07. The molecule has 0 aliphatic heterocycles. The largest absolute Gasteiger partial charge is 0.381 e. The molecule has 76 valence electrons. The number of unbranched alkanes of at least 4 members (excludes halogenated alkanes) is 4. The van der Waals surface area contributed by atoms with Gasteiger partial charge in [0.25, 0.3) is 0 Å². The fourth-order valence-corrected chi connectivity index (χ4v) is 1.01. The molecule has 0 unspecified atom stereocenters. The van der Waals surface area contributed by atoms with E-state index in [1.54, 1.807) is 0 Å². The first kappa shape index (κ1) is 14.5. The zero-order valence-corrected chi connectivity index (χ0v) is 8.07. The summed E-state index contributed by atoms with van der Waals surface area (Å²) in [7, 11) is 0. The topological polar surface area (TPSA) is 9.23 Å². The van der Waals surface area contributed by atoms with Crippen molar-refractivity contribution in [3.8, 4) is 0 Å². The van der Waals surface area contributed by atoms with Gasteiger partial charge in [-0.3, -0.25) is 0 Å². The van der Waals surface area contributed by atoms with E-state index in [9.17, 15) is 0 Å². The molecule has 12 heavy (non-hydrogen) atoms. The minimum Gasteiger partial charge on any atom is -0.381 e. The van der Waals surface area contributed by atoms with Gasteiger partial charge in [-0.2, -0.15) is 0 Å². The Kier molecular flexibility index (Phi) is 16.3. The molecule has 0 heterocycles. The highest BCUT2D eigenvalue weighted by molar-refractivity contribution is 4.38. The number of ether oxygens (including phenoxy) is 1. The molecule has 0 aromatic heterocycles. The maximum Gasteiger partial charge on any atom is 0.0466 e. The molecule has 0 amide bonds. The van der Waals surface area contributed by atoms with Crippen molar-refractivity contribution in [1.82, 2.24) is 0 Å². The Balaban J connectivity index is 0. The van der Waals surface area contributed by atoms with Crippen molar-refractivity contribution in [2.75, 3.05) is 13.2 Å². The minimum atomic E-state index is 0. The van der Waals surface area contributed by atoms with Crippen molar-refractivity contribution in [2.24, 2.45) is 0 Å². The molecule has 0 fully saturated rings. The van der Waals surface area contributed by atoms with E-state index in [4.69, 9.17) is 4.74 Å². The van der Waals surface area contributed by atoms with Gasteiger partial charge in [0.05, 0.1) is 0 Å². The van der Waals surface area contributed by atoms with Crippen molar-refractivity contribution in [1.29, 1.82) is 0 Å². The molecule has 0 saturated carbocycles. The molecule has 0 N–H and O–H groups in total. The van der Waals surface area contributed by atoms with Crippen LogP contribution in [0.5, 0.6) is 0 Å². The van der Waals surface area contributed by atoms with E-state index in [1.807, 2.05) is 0 Å². The summed E-state index contributed by atoms with van der Waals surface area (Å²) in [4.78, 5) is 0. The van der Waals surface area contributed by atoms with Crippen molar-refractivity contribution in [3.05, 3.63) is 0 Å². The smallest absolute Gasteiger partial charge is 0.0466 e. The predicted molar refractivity (Wildman–Crippen MR) is 56.6 cm³/mol. The van der Waals surface area contributed by atoms with E-state index in [1.165, 1.54) is 38.5 Å². The van der Waals surface area contributed by atoms with Crippen LogP contribution >= 0.6 is 0 Å². The van der Waals surface area contributed by atoms with Crippen molar-refractivity contribution < 1.29 is 4.74 Å². The summed E-state index contributed by atoms with van der Waals surface area (Å²) in [6.07, 6.45) is 7.68. The van der Waals surface area contributed by atoms with Gasteiger partial charge in [0.15, 0.2) is 0 Å². The average Bonchev–Trinajstić information content (AvgIpc) is 2.03. The quantitative estimate of drug-likeness (QED) is 0.505. The highest BCUT2D eigenvalue weighted by Gasteiger charge is 1.88. The van der Waals surface area contributed by atoms with E-state index in [2.05, 4.69) is 13.8 Å². The van der Waals surface area contributed by atoms with Crippen LogP contribution in [0.2, 0.25) is 0 Å². The molecule has 0 radical (unpaired) electrons. The zero-order chi connectivity index (χ0) is 8.36. The Morgan fingerprint density at radius 1 is 0.750 bits per heavy atom. The summed E-state index contributed by atoms with van der Waals surface area (Å²) < 4.78 is 5.44. The fourth-order valence-electron chi connectivity index (χ4n) is 1.01. The monoisotopic (exact) mass is 174 g/mol. The SMILES string of the molecule is C.CCCCCOCCCCC. The Morgan fingerprint density at radius 3 is 1.50 bits per heavy atom.